The second-order valence-corrected chi connectivity index (χ2v) is 12.2. The number of aliphatic hydroxyl groups is 2. The normalized spacial score (nSPS) is 59.0. The van der Waals surface area contributed by atoms with Crippen molar-refractivity contribution in [1.29, 1.82) is 0 Å². The summed E-state index contributed by atoms with van der Waals surface area (Å²) in [4.78, 5) is 0. The van der Waals surface area contributed by atoms with E-state index in [9.17, 15) is 10.2 Å². The van der Waals surface area contributed by atoms with E-state index in [4.69, 9.17) is 0 Å². The van der Waals surface area contributed by atoms with E-state index >= 15 is 0 Å². The Morgan fingerprint density at radius 1 is 0.652 bits per heavy atom. The third-order valence-corrected chi connectivity index (χ3v) is 10.6. The highest BCUT2D eigenvalue weighted by atomic mass is 32.2. The molecule has 0 unspecified atom stereocenters. The van der Waals surface area contributed by atoms with Gasteiger partial charge in [0.05, 0.1) is 11.2 Å². The first kappa shape index (κ1) is 16.7. The SMILES string of the molecule is CC1(C)[C@@H]2C[C@@H](S[C@H]3C[C@H]4[C@@H](C[C@]3(C)O)C4(C)C)[C@](C)(O)C[C@H]21. The Bertz CT molecular complexity index is 476. The lowest BCUT2D eigenvalue weighted by atomic mass is 9.85. The molecule has 0 bridgehead atoms. The van der Waals surface area contributed by atoms with Crippen molar-refractivity contribution in [2.24, 2.45) is 34.5 Å². The Labute approximate surface area is 145 Å². The van der Waals surface area contributed by atoms with Crippen molar-refractivity contribution in [3.05, 3.63) is 0 Å². The Hall–Kier alpha value is 0.270. The smallest absolute Gasteiger partial charge is 0.0741 e. The van der Waals surface area contributed by atoms with Crippen LogP contribution in [0.2, 0.25) is 0 Å². The molecule has 0 amide bonds. The number of rotatable bonds is 2. The fourth-order valence-electron chi connectivity index (χ4n) is 6.19. The average molecular weight is 339 g/mol. The Balaban J connectivity index is 1.49. The summed E-state index contributed by atoms with van der Waals surface area (Å²) in [5.74, 6) is 2.96. The maximum Gasteiger partial charge on any atom is 0.0741 e. The first-order valence-corrected chi connectivity index (χ1v) is 10.4. The van der Waals surface area contributed by atoms with Crippen LogP contribution in [-0.2, 0) is 0 Å². The van der Waals surface area contributed by atoms with Gasteiger partial charge in [-0.25, -0.2) is 0 Å². The third kappa shape index (κ3) is 2.36. The first-order chi connectivity index (χ1) is 10.4. The third-order valence-electron chi connectivity index (χ3n) is 8.49. The molecule has 4 fully saturated rings. The molecule has 23 heavy (non-hydrogen) atoms. The summed E-state index contributed by atoms with van der Waals surface area (Å²) in [6, 6.07) is 0. The molecule has 0 radical (unpaired) electrons. The average Bonchev–Trinajstić information content (AvgIpc) is 3.10. The summed E-state index contributed by atoms with van der Waals surface area (Å²) >= 11 is 1.92. The molecule has 0 aromatic carbocycles. The molecule has 8 atom stereocenters. The molecular weight excluding hydrogens is 304 g/mol. The van der Waals surface area contributed by atoms with E-state index in [1.807, 2.05) is 25.6 Å². The molecule has 4 rings (SSSR count). The van der Waals surface area contributed by atoms with Crippen LogP contribution in [0.3, 0.4) is 0 Å². The zero-order chi connectivity index (χ0) is 17.0. The van der Waals surface area contributed by atoms with Crippen LogP contribution < -0.4 is 0 Å². The van der Waals surface area contributed by atoms with E-state index in [1.165, 1.54) is 0 Å². The van der Waals surface area contributed by atoms with Gasteiger partial charge in [0, 0.05) is 10.5 Å². The van der Waals surface area contributed by atoms with E-state index in [1.54, 1.807) is 0 Å². The van der Waals surface area contributed by atoms with Crippen LogP contribution in [0.1, 0.15) is 67.2 Å². The van der Waals surface area contributed by atoms with Gasteiger partial charge in [0.1, 0.15) is 0 Å². The number of hydrogen-bond acceptors (Lipinski definition) is 3. The minimum absolute atomic E-state index is 0.278. The van der Waals surface area contributed by atoms with Gasteiger partial charge in [-0.1, -0.05) is 27.7 Å². The molecule has 2 N–H and O–H groups in total. The Morgan fingerprint density at radius 3 is 1.35 bits per heavy atom. The molecule has 0 aromatic rings. The quantitative estimate of drug-likeness (QED) is 0.797. The number of fused-ring (bicyclic) bond motifs is 2. The van der Waals surface area contributed by atoms with Crippen LogP contribution in [0, 0.1) is 34.5 Å². The Kier molecular flexibility index (Phi) is 3.28. The van der Waals surface area contributed by atoms with Crippen LogP contribution >= 0.6 is 11.8 Å². The molecule has 4 saturated carbocycles. The minimum Gasteiger partial charge on any atom is -0.389 e. The van der Waals surface area contributed by atoms with Crippen LogP contribution in [-0.4, -0.2) is 31.9 Å². The second-order valence-electron chi connectivity index (χ2n) is 10.8. The second kappa shape index (κ2) is 4.51. The van der Waals surface area contributed by atoms with E-state index in [0.717, 1.165) is 37.5 Å². The van der Waals surface area contributed by atoms with Crippen LogP contribution in [0.5, 0.6) is 0 Å². The van der Waals surface area contributed by atoms with Gasteiger partial charge in [-0.15, -0.1) is 11.8 Å². The zero-order valence-electron chi connectivity index (χ0n) is 15.6. The zero-order valence-corrected chi connectivity index (χ0v) is 16.4. The van der Waals surface area contributed by atoms with Crippen molar-refractivity contribution in [3.8, 4) is 0 Å². The van der Waals surface area contributed by atoms with Gasteiger partial charge >= 0.3 is 0 Å². The molecule has 132 valence electrons. The van der Waals surface area contributed by atoms with Crippen molar-refractivity contribution >= 4 is 11.8 Å². The lowest BCUT2D eigenvalue weighted by molar-refractivity contribution is 0.0154. The molecular formula is C20H34O2S. The molecule has 2 nitrogen and oxygen atoms in total. The van der Waals surface area contributed by atoms with Gasteiger partial charge in [-0.05, 0) is 74.0 Å². The number of hydrogen-bond donors (Lipinski definition) is 2. The lowest BCUT2D eigenvalue weighted by Gasteiger charge is -2.43. The van der Waals surface area contributed by atoms with Gasteiger partial charge in [-0.2, -0.15) is 0 Å². The molecule has 0 spiro atoms. The predicted molar refractivity (Wildman–Crippen MR) is 96.4 cm³/mol. The van der Waals surface area contributed by atoms with Crippen LogP contribution in [0.4, 0.5) is 0 Å². The van der Waals surface area contributed by atoms with Gasteiger partial charge in [-0.3, -0.25) is 0 Å². The Morgan fingerprint density at radius 2 is 1.00 bits per heavy atom. The molecule has 4 aliphatic rings. The summed E-state index contributed by atoms with van der Waals surface area (Å²) in [6.07, 6.45) is 4.13. The monoisotopic (exact) mass is 338 g/mol. The van der Waals surface area contributed by atoms with Gasteiger partial charge in [0.25, 0.3) is 0 Å². The van der Waals surface area contributed by atoms with Gasteiger partial charge in [0.15, 0.2) is 0 Å². The molecule has 0 saturated heterocycles. The summed E-state index contributed by atoms with van der Waals surface area (Å²) in [6.45, 7) is 13.5. The first-order valence-electron chi connectivity index (χ1n) is 9.47. The summed E-state index contributed by atoms with van der Waals surface area (Å²) in [5.41, 5.74) is -0.326. The molecule has 4 aliphatic carbocycles. The van der Waals surface area contributed by atoms with Crippen molar-refractivity contribution in [1.82, 2.24) is 0 Å². The summed E-state index contributed by atoms with van der Waals surface area (Å²) in [5, 5.41) is 22.6. The topological polar surface area (TPSA) is 40.5 Å². The van der Waals surface area contributed by atoms with E-state index in [0.29, 0.717) is 22.7 Å². The van der Waals surface area contributed by atoms with Crippen molar-refractivity contribution < 1.29 is 10.2 Å². The largest absolute Gasteiger partial charge is 0.389 e. The van der Waals surface area contributed by atoms with E-state index < -0.39 is 11.2 Å². The van der Waals surface area contributed by atoms with Crippen molar-refractivity contribution in [3.63, 3.8) is 0 Å². The van der Waals surface area contributed by atoms with Crippen LogP contribution in [0.25, 0.3) is 0 Å². The minimum atomic E-state index is -0.578. The maximum absolute atomic E-state index is 11.0. The van der Waals surface area contributed by atoms with Crippen LogP contribution in [0.15, 0.2) is 0 Å². The standard InChI is InChI=1S/C20H34O2S/c1-17(2)11-7-15(19(5,21)9-13(11)17)23-16-8-12-14(18(12,3)4)10-20(16,6)22/h11-16,21-22H,7-10H2,1-6H3/t11-,12+,13-,14-,15-,16+,19-,20+/m1/s1. The van der Waals surface area contributed by atoms with E-state index in [-0.39, 0.29) is 10.5 Å². The fraction of sp³-hybridized carbons (Fsp3) is 1.00. The van der Waals surface area contributed by atoms with Crippen molar-refractivity contribution in [2.75, 3.05) is 0 Å². The van der Waals surface area contributed by atoms with Gasteiger partial charge < -0.3 is 10.2 Å². The maximum atomic E-state index is 11.0. The highest BCUT2D eigenvalue weighted by Gasteiger charge is 2.66. The van der Waals surface area contributed by atoms with E-state index in [2.05, 4.69) is 27.7 Å². The summed E-state index contributed by atoms with van der Waals surface area (Å²) in [7, 11) is 0. The number of thioether (sulfide) groups is 1. The highest BCUT2D eigenvalue weighted by Crippen LogP contribution is 2.70. The lowest BCUT2D eigenvalue weighted by Crippen LogP contribution is -2.47. The van der Waals surface area contributed by atoms with Crippen molar-refractivity contribution in [2.45, 2.75) is 88.9 Å². The molecule has 0 heterocycles. The molecule has 0 aromatic heterocycles. The molecule has 0 aliphatic heterocycles. The van der Waals surface area contributed by atoms with Gasteiger partial charge in [0.2, 0.25) is 0 Å². The fourth-order valence-corrected chi connectivity index (χ4v) is 8.00. The molecule has 3 heteroatoms. The highest BCUT2D eigenvalue weighted by molar-refractivity contribution is 8.00. The summed E-state index contributed by atoms with van der Waals surface area (Å²) < 4.78 is 0. The predicted octanol–water partition coefficient (Wildman–Crippen LogP) is 4.09.